The number of hydrogen-bond donors (Lipinski definition) is 1. The molecule has 0 fully saturated rings. The van der Waals surface area contributed by atoms with E-state index in [0.717, 1.165) is 20.5 Å². The highest BCUT2D eigenvalue weighted by atomic mass is 32.2. The first-order valence-corrected chi connectivity index (χ1v) is 7.99. The van der Waals surface area contributed by atoms with Crippen LogP contribution >= 0.6 is 23.1 Å². The Morgan fingerprint density at radius 3 is 3.00 bits per heavy atom. The minimum absolute atomic E-state index is 0.620. The van der Waals surface area contributed by atoms with Gasteiger partial charge in [-0.1, -0.05) is 16.9 Å². The quantitative estimate of drug-likeness (QED) is 0.717. The van der Waals surface area contributed by atoms with Crippen LogP contribution < -0.4 is 5.32 Å². The third-order valence-corrected chi connectivity index (χ3v) is 4.58. The average molecular weight is 308 g/mol. The highest BCUT2D eigenvalue weighted by Gasteiger charge is 2.10. The molecule has 3 rings (SSSR count). The molecule has 0 aromatic carbocycles. The number of nitrogens with one attached hydrogen (secondary N) is 1. The van der Waals surface area contributed by atoms with E-state index in [1.165, 1.54) is 6.33 Å². The van der Waals surface area contributed by atoms with Crippen molar-refractivity contribution in [3.8, 4) is 0 Å². The predicted molar refractivity (Wildman–Crippen MR) is 78.2 cm³/mol. The number of nitrogens with zero attached hydrogens (tertiary/aromatic N) is 5. The molecular formula is C11H12N6OS2. The molecule has 104 valence electrons. The molecule has 0 spiro atoms. The van der Waals surface area contributed by atoms with Crippen LogP contribution in [0, 0.1) is 6.92 Å². The van der Waals surface area contributed by atoms with Gasteiger partial charge in [-0.05, 0) is 13.2 Å². The fourth-order valence-electron chi connectivity index (χ4n) is 1.68. The van der Waals surface area contributed by atoms with Gasteiger partial charge in [-0.15, -0.1) is 11.3 Å². The number of anilines is 1. The Bertz CT molecular complexity index is 725. The zero-order valence-corrected chi connectivity index (χ0v) is 12.6. The van der Waals surface area contributed by atoms with Crippen molar-refractivity contribution in [2.24, 2.45) is 0 Å². The maximum absolute atomic E-state index is 5.06. The van der Waals surface area contributed by atoms with E-state index in [-0.39, 0.29) is 0 Å². The van der Waals surface area contributed by atoms with Gasteiger partial charge in [0.05, 0.1) is 0 Å². The van der Waals surface area contributed by atoms with Crippen molar-refractivity contribution in [2.45, 2.75) is 17.7 Å². The summed E-state index contributed by atoms with van der Waals surface area (Å²) in [7, 11) is 0. The fourth-order valence-corrected chi connectivity index (χ4v) is 3.16. The molecule has 3 aromatic rings. The van der Waals surface area contributed by atoms with E-state index < -0.39 is 0 Å². The van der Waals surface area contributed by atoms with E-state index in [0.29, 0.717) is 24.7 Å². The van der Waals surface area contributed by atoms with Crippen LogP contribution in [0.15, 0.2) is 15.2 Å². The monoisotopic (exact) mass is 308 g/mol. The second-order valence-corrected chi connectivity index (χ2v) is 6.02. The smallest absolute Gasteiger partial charge is 0.228 e. The number of hydrogen-bond acceptors (Lipinski definition) is 9. The Kier molecular flexibility index (Phi) is 3.79. The minimum Gasteiger partial charge on any atom is -0.368 e. The molecule has 0 atom stereocenters. The van der Waals surface area contributed by atoms with E-state index in [1.807, 2.05) is 6.26 Å². The van der Waals surface area contributed by atoms with Gasteiger partial charge in [0.2, 0.25) is 5.89 Å². The largest absolute Gasteiger partial charge is 0.368 e. The molecule has 0 amide bonds. The fraction of sp³-hybridized carbons (Fsp3) is 0.364. The van der Waals surface area contributed by atoms with Gasteiger partial charge in [0.1, 0.15) is 16.8 Å². The molecule has 0 unspecified atom stereocenters. The van der Waals surface area contributed by atoms with Crippen LogP contribution in [-0.4, -0.2) is 37.9 Å². The molecule has 0 saturated heterocycles. The maximum atomic E-state index is 5.06. The summed E-state index contributed by atoms with van der Waals surface area (Å²) in [5.74, 6) is 2.06. The van der Waals surface area contributed by atoms with E-state index in [1.54, 1.807) is 30.0 Å². The third kappa shape index (κ3) is 2.73. The lowest BCUT2D eigenvalue weighted by Crippen LogP contribution is -2.06. The normalized spacial score (nSPS) is 11.1. The maximum Gasteiger partial charge on any atom is 0.228 e. The van der Waals surface area contributed by atoms with Crippen molar-refractivity contribution in [1.29, 1.82) is 0 Å². The summed E-state index contributed by atoms with van der Waals surface area (Å²) >= 11 is 3.19. The molecule has 3 heterocycles. The van der Waals surface area contributed by atoms with Crippen LogP contribution in [0.3, 0.4) is 0 Å². The summed E-state index contributed by atoms with van der Waals surface area (Å²) in [6.45, 7) is 2.47. The molecule has 3 aromatic heterocycles. The number of aryl methyl sites for hydroxylation is 1. The Balaban J connectivity index is 1.72. The minimum atomic E-state index is 0.620. The van der Waals surface area contributed by atoms with E-state index in [9.17, 15) is 0 Å². The second kappa shape index (κ2) is 5.71. The Hall–Kier alpha value is -1.74. The topological polar surface area (TPSA) is 89.6 Å². The van der Waals surface area contributed by atoms with Gasteiger partial charge in [0.15, 0.2) is 15.8 Å². The van der Waals surface area contributed by atoms with Crippen LogP contribution in [0.25, 0.3) is 10.3 Å². The summed E-state index contributed by atoms with van der Waals surface area (Å²) in [5.41, 5.74) is 0.727. The molecule has 0 aliphatic heterocycles. The van der Waals surface area contributed by atoms with Crippen molar-refractivity contribution < 1.29 is 4.52 Å². The van der Waals surface area contributed by atoms with Gasteiger partial charge in [-0.2, -0.15) is 4.98 Å². The molecule has 9 heteroatoms. The van der Waals surface area contributed by atoms with E-state index in [2.05, 4.69) is 30.4 Å². The lowest BCUT2D eigenvalue weighted by atomic mass is 10.4. The zero-order valence-electron chi connectivity index (χ0n) is 11.0. The summed E-state index contributed by atoms with van der Waals surface area (Å²) in [6.07, 6.45) is 4.17. The first-order chi connectivity index (χ1) is 9.76. The van der Waals surface area contributed by atoms with Crippen LogP contribution in [0.4, 0.5) is 5.82 Å². The SMILES string of the molecule is CSc1nc2ncnc(NCCc3nc(C)no3)c2s1. The predicted octanol–water partition coefficient (Wildman–Crippen LogP) is 2.15. The van der Waals surface area contributed by atoms with Gasteiger partial charge in [0.25, 0.3) is 0 Å². The van der Waals surface area contributed by atoms with Crippen molar-refractivity contribution >= 4 is 39.3 Å². The number of thiazole rings is 1. The van der Waals surface area contributed by atoms with Gasteiger partial charge >= 0.3 is 0 Å². The molecule has 20 heavy (non-hydrogen) atoms. The standard InChI is InChI=1S/C11H12N6OS2/c1-6-15-7(18-17-6)3-4-12-9-8-10(14-5-13-9)16-11(19-2)20-8/h5H,3-4H2,1-2H3,(H,12,13,14). The first-order valence-electron chi connectivity index (χ1n) is 5.95. The van der Waals surface area contributed by atoms with E-state index >= 15 is 0 Å². The average Bonchev–Trinajstić information content (AvgIpc) is 3.05. The molecule has 0 radical (unpaired) electrons. The Morgan fingerprint density at radius 1 is 1.35 bits per heavy atom. The van der Waals surface area contributed by atoms with Crippen LogP contribution in [0.1, 0.15) is 11.7 Å². The molecule has 0 bridgehead atoms. The van der Waals surface area contributed by atoms with Gasteiger partial charge in [-0.25, -0.2) is 15.0 Å². The van der Waals surface area contributed by atoms with E-state index in [4.69, 9.17) is 4.52 Å². The molecule has 0 saturated carbocycles. The highest BCUT2D eigenvalue weighted by Crippen LogP contribution is 2.30. The van der Waals surface area contributed by atoms with Crippen molar-refractivity contribution in [2.75, 3.05) is 18.1 Å². The summed E-state index contributed by atoms with van der Waals surface area (Å²) in [5, 5.41) is 7.02. The van der Waals surface area contributed by atoms with Crippen molar-refractivity contribution in [1.82, 2.24) is 25.1 Å². The highest BCUT2D eigenvalue weighted by molar-refractivity contribution is 8.00. The Labute approximate surface area is 123 Å². The van der Waals surface area contributed by atoms with Crippen molar-refractivity contribution in [3.05, 3.63) is 18.0 Å². The zero-order chi connectivity index (χ0) is 13.9. The van der Waals surface area contributed by atoms with Gasteiger partial charge < -0.3 is 9.84 Å². The molecule has 0 aliphatic rings. The molecule has 7 nitrogen and oxygen atoms in total. The lowest BCUT2D eigenvalue weighted by Gasteiger charge is -2.03. The number of thioether (sulfide) groups is 1. The van der Waals surface area contributed by atoms with Crippen LogP contribution in [0.2, 0.25) is 0 Å². The van der Waals surface area contributed by atoms with Gasteiger partial charge in [0, 0.05) is 13.0 Å². The molecular weight excluding hydrogens is 296 g/mol. The molecule has 0 aliphatic carbocycles. The second-order valence-electron chi connectivity index (χ2n) is 3.97. The summed E-state index contributed by atoms with van der Waals surface area (Å²) in [4.78, 5) is 17.0. The first kappa shape index (κ1) is 13.3. The number of aromatic nitrogens is 5. The van der Waals surface area contributed by atoms with Crippen LogP contribution in [-0.2, 0) is 6.42 Å². The lowest BCUT2D eigenvalue weighted by molar-refractivity contribution is 0.377. The number of rotatable bonds is 5. The summed E-state index contributed by atoms with van der Waals surface area (Å²) in [6, 6.07) is 0. The summed E-state index contributed by atoms with van der Waals surface area (Å²) < 4.78 is 7.02. The molecule has 1 N–H and O–H groups in total. The van der Waals surface area contributed by atoms with Crippen LogP contribution in [0.5, 0.6) is 0 Å². The van der Waals surface area contributed by atoms with Crippen molar-refractivity contribution in [3.63, 3.8) is 0 Å². The number of fused-ring (bicyclic) bond motifs is 1. The third-order valence-electron chi connectivity index (χ3n) is 2.55. The van der Waals surface area contributed by atoms with Gasteiger partial charge in [-0.3, -0.25) is 0 Å². The Morgan fingerprint density at radius 2 is 2.25 bits per heavy atom.